The van der Waals surface area contributed by atoms with Gasteiger partial charge in [-0.3, -0.25) is 9.36 Å². The van der Waals surface area contributed by atoms with Gasteiger partial charge in [-0.25, -0.2) is 0 Å². The van der Waals surface area contributed by atoms with E-state index in [-0.39, 0.29) is 11.7 Å². The molecule has 0 atom stereocenters. The molecule has 1 amide bonds. The Bertz CT molecular complexity index is 566. The van der Waals surface area contributed by atoms with E-state index < -0.39 is 13.5 Å². The molecule has 94 valence electrons. The fourth-order valence-corrected chi connectivity index (χ4v) is 1.97. The molecule has 18 heavy (non-hydrogen) atoms. The fourth-order valence-electron chi connectivity index (χ4n) is 1.28. The van der Waals surface area contributed by atoms with Crippen LogP contribution in [0.5, 0.6) is 0 Å². The molecule has 6 nitrogen and oxygen atoms in total. The standard InChI is InChI=1S/C11H11N2O4P/c12-6-10(11(13)14)5-8-1-3-9(4-2-8)7-18(15,16)17/h1-5H,7H2,(H2,13,14)(H2,15,16,17)/b10-5-. The van der Waals surface area contributed by atoms with Crippen LogP contribution in [0.3, 0.4) is 0 Å². The Morgan fingerprint density at radius 1 is 1.39 bits per heavy atom. The van der Waals surface area contributed by atoms with Crippen molar-refractivity contribution in [1.82, 2.24) is 0 Å². The summed E-state index contributed by atoms with van der Waals surface area (Å²) in [6.07, 6.45) is 0.960. The molecule has 0 heterocycles. The second-order valence-electron chi connectivity index (χ2n) is 3.60. The zero-order chi connectivity index (χ0) is 13.8. The normalized spacial score (nSPS) is 11.9. The molecular weight excluding hydrogens is 255 g/mol. The van der Waals surface area contributed by atoms with Crippen molar-refractivity contribution in [2.75, 3.05) is 0 Å². The van der Waals surface area contributed by atoms with Crippen LogP contribution in [0.4, 0.5) is 0 Å². The summed E-state index contributed by atoms with van der Waals surface area (Å²) in [4.78, 5) is 28.4. The molecule has 0 aliphatic carbocycles. The molecule has 1 rings (SSSR count). The van der Waals surface area contributed by atoms with Crippen molar-refractivity contribution in [3.8, 4) is 6.07 Å². The van der Waals surface area contributed by atoms with Gasteiger partial charge in [0, 0.05) is 0 Å². The number of carbonyl (C=O) groups excluding carboxylic acids is 1. The first-order chi connectivity index (χ1) is 8.31. The van der Waals surface area contributed by atoms with Gasteiger partial charge in [0.05, 0.1) is 6.16 Å². The van der Waals surface area contributed by atoms with Crippen LogP contribution in [0, 0.1) is 11.3 Å². The minimum Gasteiger partial charge on any atom is -0.365 e. The Balaban J connectivity index is 2.94. The van der Waals surface area contributed by atoms with Crippen molar-refractivity contribution in [3.63, 3.8) is 0 Å². The number of carbonyl (C=O) groups is 1. The number of nitrogens with zero attached hydrogens (tertiary/aromatic N) is 1. The zero-order valence-electron chi connectivity index (χ0n) is 9.28. The molecule has 0 spiro atoms. The van der Waals surface area contributed by atoms with E-state index in [4.69, 9.17) is 20.8 Å². The topological polar surface area (TPSA) is 124 Å². The number of nitrogens with two attached hydrogens (primary N) is 1. The van der Waals surface area contributed by atoms with Crippen molar-refractivity contribution < 1.29 is 19.1 Å². The van der Waals surface area contributed by atoms with Gasteiger partial charge in [0.15, 0.2) is 0 Å². The molecule has 0 radical (unpaired) electrons. The molecule has 0 saturated heterocycles. The Morgan fingerprint density at radius 3 is 2.33 bits per heavy atom. The van der Waals surface area contributed by atoms with E-state index in [1.54, 1.807) is 18.2 Å². The molecule has 7 heteroatoms. The molecule has 1 aromatic rings. The average Bonchev–Trinajstić information content (AvgIpc) is 2.25. The number of rotatable bonds is 4. The maximum Gasteiger partial charge on any atom is 0.329 e. The highest BCUT2D eigenvalue weighted by Gasteiger charge is 2.13. The first kappa shape index (κ1) is 14.1. The second kappa shape index (κ2) is 5.61. The van der Waals surface area contributed by atoms with Crippen LogP contribution < -0.4 is 5.73 Å². The van der Waals surface area contributed by atoms with Crippen LogP contribution in [0.15, 0.2) is 29.8 Å². The highest BCUT2D eigenvalue weighted by atomic mass is 31.2. The van der Waals surface area contributed by atoms with E-state index in [0.29, 0.717) is 11.1 Å². The van der Waals surface area contributed by atoms with Crippen LogP contribution in [0.1, 0.15) is 11.1 Å². The first-order valence-corrected chi connectivity index (χ1v) is 6.67. The van der Waals surface area contributed by atoms with Crippen LogP contribution >= 0.6 is 7.60 Å². The van der Waals surface area contributed by atoms with Gasteiger partial charge in [-0.2, -0.15) is 5.26 Å². The molecule has 4 N–H and O–H groups in total. The lowest BCUT2D eigenvalue weighted by molar-refractivity contribution is -0.114. The van der Waals surface area contributed by atoms with Crippen LogP contribution in [0.2, 0.25) is 0 Å². The molecule has 0 saturated carbocycles. The zero-order valence-corrected chi connectivity index (χ0v) is 10.2. The SMILES string of the molecule is N#C/C(=C/c1ccc(CP(=O)(O)O)cc1)C(N)=O. The number of benzene rings is 1. The summed E-state index contributed by atoms with van der Waals surface area (Å²) in [6, 6.07) is 7.79. The van der Waals surface area contributed by atoms with Gasteiger partial charge in [0.25, 0.3) is 5.91 Å². The van der Waals surface area contributed by atoms with E-state index in [9.17, 15) is 9.36 Å². The summed E-state index contributed by atoms with van der Waals surface area (Å²) in [7, 11) is -4.09. The smallest absolute Gasteiger partial charge is 0.329 e. The maximum atomic E-state index is 10.8. The summed E-state index contributed by atoms with van der Waals surface area (Å²) < 4.78 is 10.8. The molecule has 1 aromatic carbocycles. The third-order valence-corrected chi connectivity index (χ3v) is 2.84. The number of hydrogen-bond acceptors (Lipinski definition) is 3. The van der Waals surface area contributed by atoms with E-state index >= 15 is 0 Å². The van der Waals surface area contributed by atoms with Crippen molar-refractivity contribution in [2.24, 2.45) is 5.73 Å². The number of nitriles is 1. The lowest BCUT2D eigenvalue weighted by Gasteiger charge is -2.04. The molecular formula is C11H11N2O4P. The van der Waals surface area contributed by atoms with Gasteiger partial charge in [-0.1, -0.05) is 24.3 Å². The highest BCUT2D eigenvalue weighted by molar-refractivity contribution is 7.50. The van der Waals surface area contributed by atoms with E-state index in [1.165, 1.54) is 18.2 Å². The van der Waals surface area contributed by atoms with Crippen molar-refractivity contribution in [2.45, 2.75) is 6.16 Å². The lowest BCUT2D eigenvalue weighted by atomic mass is 10.1. The third-order valence-electron chi connectivity index (χ3n) is 2.07. The Morgan fingerprint density at radius 2 is 1.94 bits per heavy atom. The fraction of sp³-hybridized carbons (Fsp3) is 0.0909. The maximum absolute atomic E-state index is 10.8. The van der Waals surface area contributed by atoms with Crippen LogP contribution in [-0.2, 0) is 15.5 Å². The van der Waals surface area contributed by atoms with Gasteiger partial charge in [-0.15, -0.1) is 0 Å². The Kier molecular flexibility index (Phi) is 4.40. The van der Waals surface area contributed by atoms with Gasteiger partial charge in [0.2, 0.25) is 0 Å². The summed E-state index contributed by atoms with van der Waals surface area (Å²) in [5.41, 5.74) is 5.82. The highest BCUT2D eigenvalue weighted by Crippen LogP contribution is 2.38. The molecule has 0 aliphatic heterocycles. The van der Waals surface area contributed by atoms with E-state index in [1.807, 2.05) is 0 Å². The average molecular weight is 266 g/mol. The van der Waals surface area contributed by atoms with Gasteiger partial charge in [-0.05, 0) is 17.2 Å². The van der Waals surface area contributed by atoms with E-state index in [2.05, 4.69) is 0 Å². The van der Waals surface area contributed by atoms with Gasteiger partial charge in [0.1, 0.15) is 11.6 Å². The minimum atomic E-state index is -4.09. The predicted molar refractivity (Wildman–Crippen MR) is 65.0 cm³/mol. The molecule has 0 aliphatic rings. The summed E-state index contributed by atoms with van der Waals surface area (Å²) in [6.45, 7) is 0. The Hall–Kier alpha value is -1.93. The minimum absolute atomic E-state index is 0.183. The van der Waals surface area contributed by atoms with Crippen molar-refractivity contribution in [1.29, 1.82) is 5.26 Å². The van der Waals surface area contributed by atoms with Crippen molar-refractivity contribution >= 4 is 19.6 Å². The van der Waals surface area contributed by atoms with E-state index in [0.717, 1.165) is 0 Å². The number of amides is 1. The summed E-state index contributed by atoms with van der Waals surface area (Å²) in [5.74, 6) is -0.822. The number of primary amides is 1. The van der Waals surface area contributed by atoms with Gasteiger partial charge < -0.3 is 15.5 Å². The first-order valence-electron chi connectivity index (χ1n) is 4.87. The second-order valence-corrected chi connectivity index (χ2v) is 5.24. The van der Waals surface area contributed by atoms with Crippen LogP contribution in [-0.4, -0.2) is 15.7 Å². The summed E-state index contributed by atoms with van der Waals surface area (Å²) >= 11 is 0. The molecule has 0 bridgehead atoms. The van der Waals surface area contributed by atoms with Crippen molar-refractivity contribution in [3.05, 3.63) is 41.0 Å². The largest absolute Gasteiger partial charge is 0.365 e. The molecule has 0 aromatic heterocycles. The third kappa shape index (κ3) is 4.52. The molecule has 0 unspecified atom stereocenters. The Labute approximate surface area is 104 Å². The lowest BCUT2D eigenvalue weighted by Crippen LogP contribution is -2.12. The number of hydrogen-bond donors (Lipinski definition) is 3. The monoisotopic (exact) mass is 266 g/mol. The van der Waals surface area contributed by atoms with Gasteiger partial charge >= 0.3 is 7.60 Å². The quantitative estimate of drug-likeness (QED) is 0.421. The summed E-state index contributed by atoms with van der Waals surface area (Å²) in [5, 5.41) is 8.64. The molecule has 0 fully saturated rings. The van der Waals surface area contributed by atoms with Crippen LogP contribution in [0.25, 0.3) is 6.08 Å². The predicted octanol–water partition coefficient (Wildman–Crippen LogP) is 0.757.